The smallest absolute Gasteiger partial charge is 0.195 e. The van der Waals surface area contributed by atoms with Crippen LogP contribution in [0.3, 0.4) is 0 Å². The summed E-state index contributed by atoms with van der Waals surface area (Å²) in [5, 5.41) is 0. The van der Waals surface area contributed by atoms with Gasteiger partial charge in [-0.1, -0.05) is 41.7 Å². The van der Waals surface area contributed by atoms with Crippen molar-refractivity contribution >= 4 is 26.5 Å². The number of benzene rings is 3. The highest BCUT2D eigenvalue weighted by Crippen LogP contribution is 2.38. The number of methoxy groups -OCH3 is 1. The Morgan fingerprint density at radius 1 is 0.926 bits per heavy atom. The van der Waals surface area contributed by atoms with Gasteiger partial charge in [0.25, 0.3) is 0 Å². The van der Waals surface area contributed by atoms with Crippen molar-refractivity contribution < 1.29 is 9.13 Å². The third kappa shape index (κ3) is 2.59. The van der Waals surface area contributed by atoms with Crippen LogP contribution in [-0.4, -0.2) is 16.5 Å². The first-order valence-corrected chi connectivity index (χ1v) is 9.36. The molecular formula is C22H15FN2OS. The fourth-order valence-corrected chi connectivity index (χ4v) is 4.41. The third-order valence-corrected chi connectivity index (χ3v) is 5.62. The molecule has 0 bridgehead atoms. The summed E-state index contributed by atoms with van der Waals surface area (Å²) < 4.78 is 22.0. The van der Waals surface area contributed by atoms with Crippen molar-refractivity contribution in [1.29, 1.82) is 0 Å². The second kappa shape index (κ2) is 6.21. The molecule has 0 fully saturated rings. The molecular weight excluding hydrogens is 359 g/mol. The molecule has 0 aliphatic carbocycles. The minimum atomic E-state index is -0.235. The van der Waals surface area contributed by atoms with Gasteiger partial charge in [0, 0.05) is 11.1 Å². The van der Waals surface area contributed by atoms with Gasteiger partial charge in [-0.2, -0.15) is 0 Å². The van der Waals surface area contributed by atoms with Gasteiger partial charge in [-0.05, 0) is 42.5 Å². The van der Waals surface area contributed by atoms with Crippen LogP contribution in [0.25, 0.3) is 37.7 Å². The van der Waals surface area contributed by atoms with Gasteiger partial charge in [0.2, 0.25) is 0 Å². The number of ether oxygens (including phenoxy) is 1. The highest BCUT2D eigenvalue weighted by atomic mass is 32.1. The molecule has 132 valence electrons. The monoisotopic (exact) mass is 374 g/mol. The van der Waals surface area contributed by atoms with E-state index in [1.54, 1.807) is 13.2 Å². The maximum Gasteiger partial charge on any atom is 0.195 e. The zero-order chi connectivity index (χ0) is 18.4. The average molecular weight is 374 g/mol. The number of hydrogen-bond acceptors (Lipinski definition) is 3. The lowest BCUT2D eigenvalue weighted by atomic mass is 10.0. The van der Waals surface area contributed by atoms with Gasteiger partial charge in [-0.15, -0.1) is 0 Å². The summed E-state index contributed by atoms with van der Waals surface area (Å²) >= 11 is 1.49. The lowest BCUT2D eigenvalue weighted by Crippen LogP contribution is -1.90. The Morgan fingerprint density at radius 3 is 2.44 bits per heavy atom. The molecule has 0 unspecified atom stereocenters. The summed E-state index contributed by atoms with van der Waals surface area (Å²) in [5.74, 6) is 0.569. The Morgan fingerprint density at radius 2 is 1.70 bits per heavy atom. The number of aromatic nitrogens is 2. The molecule has 3 nitrogen and oxygen atoms in total. The van der Waals surface area contributed by atoms with Gasteiger partial charge in [-0.3, -0.25) is 4.40 Å². The fourth-order valence-electron chi connectivity index (χ4n) is 3.36. The molecule has 0 saturated heterocycles. The van der Waals surface area contributed by atoms with Gasteiger partial charge in [-0.25, -0.2) is 9.37 Å². The molecule has 0 radical (unpaired) electrons. The summed E-state index contributed by atoms with van der Waals surface area (Å²) in [6.07, 6.45) is 0. The van der Waals surface area contributed by atoms with E-state index in [1.165, 1.54) is 17.4 Å². The standard InChI is InChI=1S/C22H15FN2OS/c1-26-17-10-7-15(8-11-17)21-20(14-5-3-2-4-6-14)24-22-25(21)18-12-9-16(23)13-19(18)27-22/h2-13H,1H3. The van der Waals surface area contributed by atoms with Crippen LogP contribution < -0.4 is 4.74 Å². The number of hydrogen-bond donors (Lipinski definition) is 0. The highest BCUT2D eigenvalue weighted by Gasteiger charge is 2.20. The molecule has 0 aliphatic heterocycles. The Balaban J connectivity index is 1.86. The summed E-state index contributed by atoms with van der Waals surface area (Å²) in [5.41, 5.74) is 4.95. The molecule has 0 atom stereocenters. The van der Waals surface area contributed by atoms with Gasteiger partial charge < -0.3 is 4.74 Å². The summed E-state index contributed by atoms with van der Waals surface area (Å²) in [6, 6.07) is 22.9. The SMILES string of the molecule is COc1ccc(-c2c(-c3ccccc3)nc3sc4cc(F)ccc4n23)cc1. The first-order valence-electron chi connectivity index (χ1n) is 8.55. The van der Waals surface area contributed by atoms with Crippen molar-refractivity contribution in [3.05, 3.63) is 78.6 Å². The normalized spacial score (nSPS) is 11.3. The van der Waals surface area contributed by atoms with Gasteiger partial charge in [0.15, 0.2) is 4.96 Å². The number of halogens is 1. The first-order chi connectivity index (χ1) is 13.2. The van der Waals surface area contributed by atoms with Gasteiger partial charge in [0.1, 0.15) is 11.6 Å². The lowest BCUT2D eigenvalue weighted by Gasteiger charge is -2.07. The molecule has 0 aliphatic rings. The molecule has 3 aromatic carbocycles. The minimum absolute atomic E-state index is 0.235. The van der Waals surface area contributed by atoms with Crippen molar-refractivity contribution in [2.45, 2.75) is 0 Å². The van der Waals surface area contributed by atoms with Crippen molar-refractivity contribution in [2.24, 2.45) is 0 Å². The molecule has 2 heterocycles. The molecule has 5 heteroatoms. The minimum Gasteiger partial charge on any atom is -0.497 e. The number of nitrogens with zero attached hydrogens (tertiary/aromatic N) is 2. The maximum atomic E-state index is 13.7. The second-order valence-corrected chi connectivity index (χ2v) is 7.24. The van der Waals surface area contributed by atoms with E-state index in [1.807, 2.05) is 48.5 Å². The molecule has 5 rings (SSSR count). The van der Waals surface area contributed by atoms with Crippen molar-refractivity contribution in [1.82, 2.24) is 9.38 Å². The molecule has 0 saturated carbocycles. The molecule has 2 aromatic heterocycles. The van der Waals surface area contributed by atoms with Crippen LogP contribution in [0.2, 0.25) is 0 Å². The topological polar surface area (TPSA) is 26.5 Å². The van der Waals surface area contributed by atoms with Gasteiger partial charge >= 0.3 is 0 Å². The largest absolute Gasteiger partial charge is 0.497 e. The number of fused-ring (bicyclic) bond motifs is 3. The van der Waals surface area contributed by atoms with Crippen molar-refractivity contribution in [3.8, 4) is 28.3 Å². The predicted octanol–water partition coefficient (Wildman–Crippen LogP) is 6.03. The molecule has 0 N–H and O–H groups in total. The fraction of sp³-hybridized carbons (Fsp3) is 0.0455. The van der Waals surface area contributed by atoms with E-state index in [2.05, 4.69) is 16.5 Å². The van der Waals surface area contributed by atoms with E-state index in [-0.39, 0.29) is 5.82 Å². The zero-order valence-corrected chi connectivity index (χ0v) is 15.3. The second-order valence-electron chi connectivity index (χ2n) is 6.24. The lowest BCUT2D eigenvalue weighted by molar-refractivity contribution is 0.415. The van der Waals surface area contributed by atoms with Crippen molar-refractivity contribution in [3.63, 3.8) is 0 Å². The van der Waals surface area contributed by atoms with Crippen LogP contribution in [0, 0.1) is 5.82 Å². The quantitative estimate of drug-likeness (QED) is 0.385. The summed E-state index contributed by atoms with van der Waals surface area (Å²) in [6.45, 7) is 0. The van der Waals surface area contributed by atoms with E-state index in [0.717, 1.165) is 43.4 Å². The van der Waals surface area contributed by atoms with Crippen LogP contribution >= 0.6 is 11.3 Å². The Bertz CT molecular complexity index is 1260. The van der Waals surface area contributed by atoms with Crippen LogP contribution in [0.4, 0.5) is 4.39 Å². The molecule has 27 heavy (non-hydrogen) atoms. The summed E-state index contributed by atoms with van der Waals surface area (Å²) in [7, 11) is 1.66. The Labute approximate surface area is 159 Å². The number of rotatable bonds is 3. The van der Waals surface area contributed by atoms with Crippen LogP contribution in [0.1, 0.15) is 0 Å². The van der Waals surface area contributed by atoms with Gasteiger partial charge in [0.05, 0.1) is 28.7 Å². The third-order valence-electron chi connectivity index (χ3n) is 4.62. The predicted molar refractivity (Wildman–Crippen MR) is 108 cm³/mol. The van der Waals surface area contributed by atoms with E-state index < -0.39 is 0 Å². The van der Waals surface area contributed by atoms with E-state index >= 15 is 0 Å². The van der Waals surface area contributed by atoms with Crippen LogP contribution in [0.15, 0.2) is 72.8 Å². The van der Waals surface area contributed by atoms with E-state index in [9.17, 15) is 4.39 Å². The maximum absolute atomic E-state index is 13.7. The zero-order valence-electron chi connectivity index (χ0n) is 14.5. The van der Waals surface area contributed by atoms with Crippen molar-refractivity contribution in [2.75, 3.05) is 7.11 Å². The Kier molecular flexibility index (Phi) is 3.69. The molecule has 0 amide bonds. The average Bonchev–Trinajstić information content (AvgIpc) is 3.24. The summed E-state index contributed by atoms with van der Waals surface area (Å²) in [4.78, 5) is 5.74. The van der Waals surface area contributed by atoms with Crippen LogP contribution in [0.5, 0.6) is 5.75 Å². The Hall–Kier alpha value is -3.18. The van der Waals surface area contributed by atoms with E-state index in [4.69, 9.17) is 9.72 Å². The van der Waals surface area contributed by atoms with Crippen LogP contribution in [-0.2, 0) is 0 Å². The molecule has 0 spiro atoms. The van der Waals surface area contributed by atoms with E-state index in [0.29, 0.717) is 0 Å². The number of imidazole rings is 1. The highest BCUT2D eigenvalue weighted by molar-refractivity contribution is 7.23. The molecule has 5 aromatic rings. The number of thiazole rings is 1. The first kappa shape index (κ1) is 16.0.